The molecule has 0 spiro atoms. The number of carbonyl (C=O) groups is 1. The highest BCUT2D eigenvalue weighted by atomic mass is 32.1. The molecular formula is C33H35N3OS. The summed E-state index contributed by atoms with van der Waals surface area (Å²) in [5.74, 6) is 0.181. The van der Waals surface area contributed by atoms with Crippen LogP contribution in [0.3, 0.4) is 0 Å². The summed E-state index contributed by atoms with van der Waals surface area (Å²) in [4.78, 5) is 18.1. The van der Waals surface area contributed by atoms with E-state index in [2.05, 4.69) is 113 Å². The third-order valence-corrected chi connectivity index (χ3v) is 7.80. The average molecular weight is 522 g/mol. The van der Waals surface area contributed by atoms with Crippen molar-refractivity contribution in [1.29, 1.82) is 0 Å². The van der Waals surface area contributed by atoms with E-state index in [1.165, 1.54) is 27.6 Å². The predicted octanol–water partition coefficient (Wildman–Crippen LogP) is 6.86. The van der Waals surface area contributed by atoms with E-state index in [0.29, 0.717) is 19.5 Å². The number of amides is 1. The summed E-state index contributed by atoms with van der Waals surface area (Å²) in [5, 5.41) is 5.53. The van der Waals surface area contributed by atoms with Gasteiger partial charge in [0.05, 0.1) is 0 Å². The first-order chi connectivity index (χ1) is 18.6. The van der Waals surface area contributed by atoms with Gasteiger partial charge in [0.2, 0.25) is 5.91 Å². The number of aromatic nitrogens is 1. The molecule has 1 amide bonds. The highest BCUT2D eigenvalue weighted by Gasteiger charge is 2.26. The van der Waals surface area contributed by atoms with Crippen LogP contribution in [-0.4, -0.2) is 47.5 Å². The van der Waals surface area contributed by atoms with Crippen LogP contribution in [0.25, 0.3) is 10.9 Å². The Kier molecular flexibility index (Phi) is 8.37. The molecule has 3 aromatic carbocycles. The lowest BCUT2D eigenvalue weighted by Gasteiger charge is -2.27. The van der Waals surface area contributed by atoms with E-state index < -0.39 is 0 Å². The second-order valence-electron chi connectivity index (χ2n) is 10.1. The fraction of sp³-hybridized carbons (Fsp3) is 0.242. The smallest absolute Gasteiger partial charge is 0.223 e. The van der Waals surface area contributed by atoms with Crippen LogP contribution in [0.5, 0.6) is 0 Å². The van der Waals surface area contributed by atoms with Crippen molar-refractivity contribution >= 4 is 28.1 Å². The molecule has 2 aromatic heterocycles. The number of thiophene rings is 1. The number of hydrogen-bond acceptors (Lipinski definition) is 3. The van der Waals surface area contributed by atoms with E-state index in [-0.39, 0.29) is 11.8 Å². The molecule has 5 rings (SSSR count). The molecule has 0 bridgehead atoms. The van der Waals surface area contributed by atoms with Gasteiger partial charge < -0.3 is 14.4 Å². The highest BCUT2D eigenvalue weighted by Crippen LogP contribution is 2.36. The maximum Gasteiger partial charge on any atom is 0.223 e. The molecule has 2 heterocycles. The monoisotopic (exact) mass is 521 g/mol. The summed E-state index contributed by atoms with van der Waals surface area (Å²) in [6.07, 6.45) is 2.71. The zero-order valence-electron chi connectivity index (χ0n) is 22.2. The van der Waals surface area contributed by atoms with Gasteiger partial charge in [-0.05, 0) is 59.2 Å². The first kappa shape index (κ1) is 26.0. The minimum atomic E-state index is -0.00620. The van der Waals surface area contributed by atoms with Gasteiger partial charge in [-0.25, -0.2) is 0 Å². The van der Waals surface area contributed by atoms with Gasteiger partial charge in [0.15, 0.2) is 0 Å². The molecular weight excluding hydrogens is 486 g/mol. The van der Waals surface area contributed by atoms with Crippen LogP contribution in [-0.2, 0) is 17.9 Å². The van der Waals surface area contributed by atoms with E-state index in [0.717, 1.165) is 18.7 Å². The van der Waals surface area contributed by atoms with Gasteiger partial charge >= 0.3 is 0 Å². The maximum absolute atomic E-state index is 14.0. The van der Waals surface area contributed by atoms with Crippen molar-refractivity contribution in [2.45, 2.75) is 25.4 Å². The molecule has 0 aliphatic carbocycles. The number of likely N-dealkylation sites (N-methyl/N-ethyl adjacent to an activating group) is 1. The second-order valence-corrected chi connectivity index (χ2v) is 10.9. The molecule has 4 nitrogen and oxygen atoms in total. The van der Waals surface area contributed by atoms with Crippen LogP contribution >= 0.6 is 11.3 Å². The Morgan fingerprint density at radius 2 is 1.53 bits per heavy atom. The molecule has 0 aliphatic heterocycles. The molecule has 0 aliphatic rings. The fourth-order valence-corrected chi connectivity index (χ4v) is 5.78. The lowest BCUT2D eigenvalue weighted by molar-refractivity contribution is -0.132. The number of rotatable bonds is 11. The van der Waals surface area contributed by atoms with Crippen LogP contribution < -0.4 is 0 Å². The Morgan fingerprint density at radius 1 is 0.842 bits per heavy atom. The summed E-state index contributed by atoms with van der Waals surface area (Å²) in [6, 6.07) is 31.6. The Hall–Kier alpha value is -3.67. The first-order valence-electron chi connectivity index (χ1n) is 13.2. The van der Waals surface area contributed by atoms with Gasteiger partial charge in [-0.1, -0.05) is 78.9 Å². The van der Waals surface area contributed by atoms with Gasteiger partial charge in [-0.15, -0.1) is 0 Å². The van der Waals surface area contributed by atoms with Gasteiger partial charge in [0.25, 0.3) is 0 Å². The second kappa shape index (κ2) is 12.2. The number of nitrogens with zero attached hydrogens (tertiary/aromatic N) is 3. The Balaban J connectivity index is 1.48. The zero-order valence-corrected chi connectivity index (χ0v) is 23.0. The van der Waals surface area contributed by atoms with Crippen molar-refractivity contribution in [3.8, 4) is 0 Å². The predicted molar refractivity (Wildman–Crippen MR) is 159 cm³/mol. The Bertz CT molecular complexity index is 1440. The lowest BCUT2D eigenvalue weighted by atomic mass is 9.89. The maximum atomic E-state index is 14.0. The van der Waals surface area contributed by atoms with E-state index in [1.807, 2.05) is 23.1 Å². The molecule has 1 atom stereocenters. The van der Waals surface area contributed by atoms with E-state index in [1.54, 1.807) is 11.3 Å². The molecule has 38 heavy (non-hydrogen) atoms. The van der Waals surface area contributed by atoms with E-state index in [4.69, 9.17) is 0 Å². The van der Waals surface area contributed by atoms with Crippen LogP contribution in [0.15, 0.2) is 108 Å². The van der Waals surface area contributed by atoms with Crippen molar-refractivity contribution in [1.82, 2.24) is 14.4 Å². The third kappa shape index (κ3) is 6.24. The van der Waals surface area contributed by atoms with E-state index >= 15 is 0 Å². The van der Waals surface area contributed by atoms with Gasteiger partial charge in [0, 0.05) is 55.6 Å². The lowest BCUT2D eigenvalue weighted by Crippen LogP contribution is -2.37. The molecule has 0 fully saturated rings. The molecule has 0 saturated carbocycles. The van der Waals surface area contributed by atoms with Crippen molar-refractivity contribution < 1.29 is 4.79 Å². The number of fused-ring (bicyclic) bond motifs is 1. The zero-order chi connectivity index (χ0) is 26.3. The molecule has 5 aromatic rings. The van der Waals surface area contributed by atoms with Crippen molar-refractivity contribution in [2.75, 3.05) is 27.2 Å². The van der Waals surface area contributed by atoms with Gasteiger partial charge in [-0.3, -0.25) is 4.79 Å². The Labute approximate surface area is 229 Å². The van der Waals surface area contributed by atoms with E-state index in [9.17, 15) is 4.79 Å². The standard InChI is InChI=1S/C33H35N3OS/c1-34(2)18-19-35(22-26-11-5-3-6-12-26)33(37)21-30(28-17-20-38-25-28)31-24-36(23-27-13-7-4-8-14-27)32-16-10-9-15-29(31)32/h3-17,20,24-25,30H,18-19,21-23H2,1-2H3. The van der Waals surface area contributed by atoms with Crippen molar-refractivity contribution in [2.24, 2.45) is 0 Å². The number of benzene rings is 3. The average Bonchev–Trinajstić information content (AvgIpc) is 3.60. The molecule has 0 radical (unpaired) electrons. The van der Waals surface area contributed by atoms with Crippen LogP contribution in [0.4, 0.5) is 0 Å². The molecule has 1 unspecified atom stereocenters. The van der Waals surface area contributed by atoms with Gasteiger partial charge in [0.1, 0.15) is 0 Å². The summed E-state index contributed by atoms with van der Waals surface area (Å²) in [5.41, 5.74) is 6.05. The SMILES string of the molecule is CN(C)CCN(Cc1ccccc1)C(=O)CC(c1ccsc1)c1cn(Cc2ccccc2)c2ccccc12. The van der Waals surface area contributed by atoms with Crippen molar-refractivity contribution in [3.63, 3.8) is 0 Å². The minimum Gasteiger partial charge on any atom is -0.343 e. The Morgan fingerprint density at radius 3 is 2.21 bits per heavy atom. The largest absolute Gasteiger partial charge is 0.343 e. The van der Waals surface area contributed by atoms with Crippen LogP contribution in [0.2, 0.25) is 0 Å². The summed E-state index contributed by atoms with van der Waals surface area (Å²) < 4.78 is 2.33. The van der Waals surface area contributed by atoms with Crippen LogP contribution in [0, 0.1) is 0 Å². The van der Waals surface area contributed by atoms with Crippen molar-refractivity contribution in [3.05, 3.63) is 130 Å². The third-order valence-electron chi connectivity index (χ3n) is 7.10. The molecule has 0 saturated heterocycles. The van der Waals surface area contributed by atoms with Crippen LogP contribution in [0.1, 0.15) is 34.6 Å². The highest BCUT2D eigenvalue weighted by molar-refractivity contribution is 7.08. The minimum absolute atomic E-state index is 0.00620. The normalized spacial score (nSPS) is 12.2. The topological polar surface area (TPSA) is 28.5 Å². The summed E-state index contributed by atoms with van der Waals surface area (Å²) >= 11 is 1.69. The molecule has 194 valence electrons. The summed E-state index contributed by atoms with van der Waals surface area (Å²) in [6.45, 7) is 2.96. The summed E-state index contributed by atoms with van der Waals surface area (Å²) in [7, 11) is 4.11. The number of carbonyl (C=O) groups excluding carboxylic acids is 1. The first-order valence-corrected chi connectivity index (χ1v) is 14.1. The van der Waals surface area contributed by atoms with Gasteiger partial charge in [-0.2, -0.15) is 11.3 Å². The number of hydrogen-bond donors (Lipinski definition) is 0. The molecule has 5 heteroatoms. The fourth-order valence-electron chi connectivity index (χ4n) is 5.06. The molecule has 0 N–H and O–H groups in total. The number of para-hydroxylation sites is 1. The quantitative estimate of drug-likeness (QED) is 0.190.